The molecule has 402 valence electrons. The molecule has 0 saturated carbocycles. The van der Waals surface area contributed by atoms with Gasteiger partial charge in [-0.2, -0.15) is 5.26 Å². The van der Waals surface area contributed by atoms with Gasteiger partial charge >= 0.3 is 6.36 Å². The summed E-state index contributed by atoms with van der Waals surface area (Å²) in [4.78, 5) is 70.8. The number of carbonyl (C=O) groups is 5. The largest absolute Gasteiger partial charge is 0.573 e. The van der Waals surface area contributed by atoms with Crippen LogP contribution in [0.2, 0.25) is 0 Å². The van der Waals surface area contributed by atoms with Crippen LogP contribution in [0.1, 0.15) is 153 Å². The van der Waals surface area contributed by atoms with Crippen LogP contribution in [0.5, 0.6) is 0 Å². The van der Waals surface area contributed by atoms with Crippen molar-refractivity contribution in [3.8, 4) is 6.07 Å². The third-order valence-corrected chi connectivity index (χ3v) is 13.0. The van der Waals surface area contributed by atoms with Gasteiger partial charge in [-0.15, -0.1) is 13.2 Å². The maximum atomic E-state index is 14.4. The summed E-state index contributed by atoms with van der Waals surface area (Å²) in [5, 5.41) is 26.8. The van der Waals surface area contributed by atoms with Gasteiger partial charge in [0.05, 0.1) is 34.7 Å². The number of benzene rings is 1. The summed E-state index contributed by atoms with van der Waals surface area (Å²) in [7, 11) is 0. The van der Waals surface area contributed by atoms with E-state index in [0.29, 0.717) is 46.2 Å². The number of nitrogens with zero attached hydrogens (tertiary/aromatic N) is 3. The lowest BCUT2D eigenvalue weighted by atomic mass is 9.78. The second-order valence-electron chi connectivity index (χ2n) is 25.2. The van der Waals surface area contributed by atoms with Crippen molar-refractivity contribution in [2.45, 2.75) is 189 Å². The zero-order valence-corrected chi connectivity index (χ0v) is 46.3. The van der Waals surface area contributed by atoms with Crippen molar-refractivity contribution in [2.75, 3.05) is 6.54 Å². The highest BCUT2D eigenvalue weighted by atomic mass is 19.4. The average Bonchev–Trinajstić information content (AvgIpc) is 3.74. The fourth-order valence-electron chi connectivity index (χ4n) is 9.03. The third kappa shape index (κ3) is 14.6. The SMILES string of the molecule is CC(C)(C)NC(=O)CN1C(=C2C=CC(OC(F)(F)F)=CC2)C(C#N)=C2C=C(C(C)(C)C(=O)NC(C)(C)CCC(C)(C)NC(=O)c3cc4cc(C(C)(C)C(=O)NC(C)(C)C)ccc4n3CC(=O)NC(C)(C)C)C=CC21. The number of hydrogen-bond donors (Lipinski definition) is 5. The van der Waals surface area contributed by atoms with E-state index in [2.05, 4.69) is 37.4 Å². The molecule has 2 aliphatic carbocycles. The molecular formula is C57H77F3N8O6. The van der Waals surface area contributed by atoms with Gasteiger partial charge in [-0.25, -0.2) is 0 Å². The number of halogens is 3. The molecule has 1 unspecified atom stereocenters. The molecule has 14 nitrogen and oxygen atoms in total. The molecule has 2 heterocycles. The van der Waals surface area contributed by atoms with Crippen LogP contribution in [0.25, 0.3) is 10.9 Å². The predicted molar refractivity (Wildman–Crippen MR) is 282 cm³/mol. The van der Waals surface area contributed by atoms with E-state index in [1.807, 2.05) is 128 Å². The Morgan fingerprint density at radius 2 is 1.24 bits per heavy atom. The first kappa shape index (κ1) is 58.3. The summed E-state index contributed by atoms with van der Waals surface area (Å²) in [5.41, 5.74) is -1.20. The van der Waals surface area contributed by atoms with Gasteiger partial charge in [0.1, 0.15) is 24.1 Å². The van der Waals surface area contributed by atoms with E-state index < -0.39 is 56.8 Å². The van der Waals surface area contributed by atoms with Gasteiger partial charge in [-0.05, 0) is 190 Å². The van der Waals surface area contributed by atoms with Crippen LogP contribution < -0.4 is 26.6 Å². The van der Waals surface area contributed by atoms with E-state index in [1.165, 1.54) is 18.2 Å². The number of nitriles is 1. The Hall–Kier alpha value is -6.57. The Morgan fingerprint density at radius 1 is 0.689 bits per heavy atom. The molecule has 1 aliphatic heterocycles. The quantitative estimate of drug-likeness (QED) is 0.117. The molecule has 74 heavy (non-hydrogen) atoms. The Balaban J connectivity index is 1.37. The highest BCUT2D eigenvalue weighted by Gasteiger charge is 2.43. The van der Waals surface area contributed by atoms with E-state index in [1.54, 1.807) is 41.5 Å². The second-order valence-corrected chi connectivity index (χ2v) is 25.2. The lowest BCUT2D eigenvalue weighted by molar-refractivity contribution is -0.303. The fraction of sp³-hybridized carbons (Fsp3) is 0.544. The molecule has 0 saturated heterocycles. The molecule has 0 spiro atoms. The summed E-state index contributed by atoms with van der Waals surface area (Å²) in [6, 6.07) is 9.02. The van der Waals surface area contributed by atoms with Gasteiger partial charge in [0.15, 0.2) is 0 Å². The maximum absolute atomic E-state index is 14.4. The summed E-state index contributed by atoms with van der Waals surface area (Å²) in [6.07, 6.45) is 5.34. The Bertz CT molecular complexity index is 2820. The number of fused-ring (bicyclic) bond motifs is 2. The molecule has 1 aromatic heterocycles. The monoisotopic (exact) mass is 1030 g/mol. The number of rotatable bonds is 15. The van der Waals surface area contributed by atoms with Gasteiger partial charge in [0.2, 0.25) is 23.6 Å². The van der Waals surface area contributed by atoms with Gasteiger partial charge in [-0.3, -0.25) is 24.0 Å². The molecular weight excluding hydrogens is 950 g/mol. The van der Waals surface area contributed by atoms with E-state index >= 15 is 0 Å². The Morgan fingerprint density at radius 3 is 1.77 bits per heavy atom. The topological polar surface area (TPSA) is 187 Å². The fourth-order valence-corrected chi connectivity index (χ4v) is 9.03. The zero-order chi connectivity index (χ0) is 55.9. The van der Waals surface area contributed by atoms with E-state index in [-0.39, 0.29) is 60.2 Å². The number of allylic oxidation sites excluding steroid dienone is 6. The van der Waals surface area contributed by atoms with Gasteiger partial charge in [0.25, 0.3) is 5.91 Å². The maximum Gasteiger partial charge on any atom is 0.573 e. The first-order valence-corrected chi connectivity index (χ1v) is 25.0. The molecule has 5 amide bonds. The predicted octanol–water partition coefficient (Wildman–Crippen LogP) is 9.51. The molecule has 0 fully saturated rings. The van der Waals surface area contributed by atoms with E-state index in [9.17, 15) is 42.4 Å². The minimum atomic E-state index is -4.88. The third-order valence-electron chi connectivity index (χ3n) is 13.0. The first-order valence-electron chi connectivity index (χ1n) is 25.0. The molecule has 2 aromatic rings. The summed E-state index contributed by atoms with van der Waals surface area (Å²) in [6.45, 7) is 31.5. The number of ether oxygens (including phenoxy) is 1. The average molecular weight is 1030 g/mol. The van der Waals surface area contributed by atoms with E-state index in [4.69, 9.17) is 0 Å². The lowest BCUT2D eigenvalue weighted by Crippen LogP contribution is -2.51. The molecule has 5 N–H and O–H groups in total. The van der Waals surface area contributed by atoms with Crippen LogP contribution in [-0.2, 0) is 35.9 Å². The van der Waals surface area contributed by atoms with Crippen molar-refractivity contribution in [1.29, 1.82) is 5.26 Å². The number of aromatic nitrogens is 1. The first-order chi connectivity index (χ1) is 33.6. The molecule has 0 bridgehead atoms. The van der Waals surface area contributed by atoms with Crippen LogP contribution in [0.4, 0.5) is 13.2 Å². The van der Waals surface area contributed by atoms with Crippen LogP contribution in [0.15, 0.2) is 94.5 Å². The second kappa shape index (κ2) is 20.6. The molecule has 3 aliphatic rings. The van der Waals surface area contributed by atoms with Crippen molar-refractivity contribution < 1.29 is 41.9 Å². The van der Waals surface area contributed by atoms with Crippen LogP contribution in [0, 0.1) is 16.7 Å². The Kier molecular flexibility index (Phi) is 16.3. The normalized spacial score (nSPS) is 17.8. The minimum Gasteiger partial charge on any atom is -0.406 e. The molecule has 1 atom stereocenters. The lowest BCUT2D eigenvalue weighted by Gasteiger charge is -2.36. The zero-order valence-electron chi connectivity index (χ0n) is 46.3. The summed E-state index contributed by atoms with van der Waals surface area (Å²) >= 11 is 0. The van der Waals surface area contributed by atoms with Gasteiger partial charge < -0.3 is 40.8 Å². The summed E-state index contributed by atoms with van der Waals surface area (Å²) < 4.78 is 44.9. The number of amides is 5. The van der Waals surface area contributed by atoms with Crippen molar-refractivity contribution in [1.82, 2.24) is 36.1 Å². The smallest absolute Gasteiger partial charge is 0.406 e. The minimum absolute atomic E-state index is 0.00434. The van der Waals surface area contributed by atoms with Crippen LogP contribution in [-0.4, -0.2) is 85.6 Å². The molecule has 1 aromatic carbocycles. The van der Waals surface area contributed by atoms with Crippen molar-refractivity contribution in [3.63, 3.8) is 0 Å². The van der Waals surface area contributed by atoms with Gasteiger partial charge in [-0.1, -0.05) is 30.4 Å². The number of hydrogen-bond acceptors (Lipinski definition) is 8. The van der Waals surface area contributed by atoms with E-state index in [0.717, 1.165) is 5.56 Å². The Labute approximate surface area is 435 Å². The molecule has 5 rings (SSSR count). The molecule has 0 radical (unpaired) electrons. The molecule has 17 heteroatoms. The van der Waals surface area contributed by atoms with Crippen LogP contribution in [0.3, 0.4) is 0 Å². The highest BCUT2D eigenvalue weighted by Crippen LogP contribution is 2.44. The van der Waals surface area contributed by atoms with Crippen molar-refractivity contribution >= 4 is 40.4 Å². The number of carbonyl (C=O) groups excluding carboxylic acids is 5. The van der Waals surface area contributed by atoms with Crippen molar-refractivity contribution in [3.05, 3.63) is 106 Å². The number of alkyl halides is 3. The van der Waals surface area contributed by atoms with Crippen LogP contribution >= 0.6 is 0 Å². The van der Waals surface area contributed by atoms with Crippen molar-refractivity contribution in [2.24, 2.45) is 5.41 Å². The van der Waals surface area contributed by atoms with Gasteiger partial charge in [0, 0.05) is 38.6 Å². The highest BCUT2D eigenvalue weighted by molar-refractivity contribution is 6.00. The summed E-state index contributed by atoms with van der Waals surface area (Å²) in [5.74, 6) is -1.83. The standard InChI is InChI=1S/C57H77F3N8O6/c1-50(2,3)62-44(69)32-67-41-24-20-36(55(14,15)48(72)65-52(7,8)9)28-35(41)29-43(67)47(71)64-53(10,11)26-27-54(12,13)66-49(73)56(16,17)37-21-25-42-39(30-37)40(31-61)46(68(42)33-45(70)63-51(4,5)6)34-18-22-38(23-19-34)74-57(58,59)60/h18,20-25,28-30,42H,19,26-27,32-33H2,1-17H3,(H,62,69)(H,63,70)(H,64,71)(H,65,72)(H,66,73). The number of nitrogens with one attached hydrogen (secondary N) is 5.